The number of amides is 3. The zero-order chi connectivity index (χ0) is 27.3. The fourth-order valence-corrected chi connectivity index (χ4v) is 4.16. The van der Waals surface area contributed by atoms with E-state index in [1.54, 1.807) is 0 Å². The number of nitrogens with zero attached hydrogens (tertiary/aromatic N) is 1. The summed E-state index contributed by atoms with van der Waals surface area (Å²) in [6.45, 7) is 0.284. The predicted molar refractivity (Wildman–Crippen MR) is 148 cm³/mol. The van der Waals surface area contributed by atoms with Crippen molar-refractivity contribution in [3.8, 4) is 0 Å². The normalized spacial score (nSPS) is 12.2. The molecule has 0 saturated carbocycles. The highest BCUT2D eigenvalue weighted by Gasteiger charge is 2.29. The molecule has 2 atom stereocenters. The summed E-state index contributed by atoms with van der Waals surface area (Å²) in [5.41, 5.74) is 18.9. The molecular formula is C29H34N6O3. The van der Waals surface area contributed by atoms with Crippen molar-refractivity contribution in [2.45, 2.75) is 37.3 Å². The molecule has 0 aliphatic rings. The minimum absolute atomic E-state index is 0.0556. The van der Waals surface area contributed by atoms with Gasteiger partial charge in [0.15, 0.2) is 5.96 Å². The number of rotatable bonds is 13. The van der Waals surface area contributed by atoms with Crippen LogP contribution in [0.3, 0.4) is 0 Å². The quantitative estimate of drug-likeness (QED) is 0.132. The second kappa shape index (κ2) is 14.2. The van der Waals surface area contributed by atoms with Crippen LogP contribution in [0.2, 0.25) is 0 Å². The second-order valence-corrected chi connectivity index (χ2v) is 8.92. The van der Waals surface area contributed by atoms with Gasteiger partial charge in [-0.15, -0.1) is 0 Å². The van der Waals surface area contributed by atoms with Crippen molar-refractivity contribution in [3.63, 3.8) is 0 Å². The van der Waals surface area contributed by atoms with E-state index in [9.17, 15) is 14.4 Å². The molecule has 0 radical (unpaired) electrons. The molecule has 0 aliphatic carbocycles. The summed E-state index contributed by atoms with van der Waals surface area (Å²) >= 11 is 0. The lowest BCUT2D eigenvalue weighted by Gasteiger charge is -2.25. The Morgan fingerprint density at radius 1 is 0.684 bits per heavy atom. The summed E-state index contributed by atoms with van der Waals surface area (Å²) in [7, 11) is 0. The number of nitrogens with one attached hydrogen (secondary N) is 2. The smallest absolute Gasteiger partial charge is 0.243 e. The van der Waals surface area contributed by atoms with Gasteiger partial charge in [0.05, 0.1) is 5.92 Å². The molecule has 3 amide bonds. The average Bonchev–Trinajstić information content (AvgIpc) is 2.91. The van der Waals surface area contributed by atoms with Crippen LogP contribution in [0.15, 0.2) is 96.0 Å². The molecule has 0 saturated heterocycles. The maximum absolute atomic E-state index is 13.7. The third-order valence-electron chi connectivity index (χ3n) is 6.05. The lowest BCUT2D eigenvalue weighted by atomic mass is 9.90. The lowest BCUT2D eigenvalue weighted by Crippen LogP contribution is -2.54. The molecule has 0 unspecified atom stereocenters. The number of carbonyl (C=O) groups excluding carboxylic acids is 3. The summed E-state index contributed by atoms with van der Waals surface area (Å²) in [4.78, 5) is 43.2. The first-order chi connectivity index (χ1) is 18.3. The summed E-state index contributed by atoms with van der Waals surface area (Å²) in [6, 6.07) is 26.0. The van der Waals surface area contributed by atoms with E-state index >= 15 is 0 Å². The minimum Gasteiger partial charge on any atom is -0.370 e. The molecule has 0 fully saturated rings. The maximum atomic E-state index is 13.7. The monoisotopic (exact) mass is 514 g/mol. The van der Waals surface area contributed by atoms with E-state index < -0.39 is 29.8 Å². The molecule has 0 heterocycles. The molecule has 8 N–H and O–H groups in total. The van der Waals surface area contributed by atoms with Crippen LogP contribution in [0, 0.1) is 0 Å². The van der Waals surface area contributed by atoms with E-state index in [2.05, 4.69) is 15.6 Å². The summed E-state index contributed by atoms with van der Waals surface area (Å²) in [6.07, 6.45) is 0.909. The van der Waals surface area contributed by atoms with Crippen molar-refractivity contribution >= 4 is 23.7 Å². The van der Waals surface area contributed by atoms with Gasteiger partial charge >= 0.3 is 0 Å². The van der Waals surface area contributed by atoms with E-state index in [1.807, 2.05) is 91.0 Å². The fraction of sp³-hybridized carbons (Fsp3) is 0.241. The molecule has 0 aromatic heterocycles. The van der Waals surface area contributed by atoms with Crippen LogP contribution in [0.4, 0.5) is 0 Å². The first kappa shape index (κ1) is 27.9. The van der Waals surface area contributed by atoms with Gasteiger partial charge in [-0.05, 0) is 29.5 Å². The fourth-order valence-electron chi connectivity index (χ4n) is 4.16. The van der Waals surface area contributed by atoms with Crippen LogP contribution in [0.25, 0.3) is 0 Å². The van der Waals surface area contributed by atoms with E-state index in [-0.39, 0.29) is 31.3 Å². The molecule has 9 nitrogen and oxygen atoms in total. The van der Waals surface area contributed by atoms with Crippen LogP contribution in [-0.4, -0.2) is 42.3 Å². The number of guanidine groups is 1. The van der Waals surface area contributed by atoms with Crippen LogP contribution in [0.5, 0.6) is 0 Å². The highest BCUT2D eigenvalue weighted by molar-refractivity contribution is 5.94. The molecule has 0 aliphatic heterocycles. The molecule has 198 valence electrons. The maximum Gasteiger partial charge on any atom is 0.243 e. The largest absolute Gasteiger partial charge is 0.370 e. The van der Waals surface area contributed by atoms with Gasteiger partial charge in [-0.25, -0.2) is 0 Å². The summed E-state index contributed by atoms with van der Waals surface area (Å²) in [5, 5.41) is 5.62. The van der Waals surface area contributed by atoms with Crippen LogP contribution in [-0.2, 0) is 20.8 Å². The van der Waals surface area contributed by atoms with Crippen molar-refractivity contribution in [3.05, 3.63) is 108 Å². The third kappa shape index (κ3) is 8.48. The minimum atomic E-state index is -0.943. The van der Waals surface area contributed by atoms with Gasteiger partial charge in [-0.2, -0.15) is 0 Å². The Labute approximate surface area is 222 Å². The van der Waals surface area contributed by atoms with Gasteiger partial charge in [0.2, 0.25) is 17.7 Å². The lowest BCUT2D eigenvalue weighted by molar-refractivity contribution is -0.131. The van der Waals surface area contributed by atoms with Crippen LogP contribution < -0.4 is 27.8 Å². The number of hydrogen-bond acceptors (Lipinski definition) is 4. The Bertz CT molecular complexity index is 1180. The summed E-state index contributed by atoms with van der Waals surface area (Å²) < 4.78 is 0. The zero-order valence-corrected chi connectivity index (χ0v) is 21.1. The van der Waals surface area contributed by atoms with Gasteiger partial charge in [-0.1, -0.05) is 91.0 Å². The van der Waals surface area contributed by atoms with Gasteiger partial charge in [0, 0.05) is 13.0 Å². The number of nitrogens with two attached hydrogens (primary N) is 3. The van der Waals surface area contributed by atoms with Crippen molar-refractivity contribution in [2.75, 3.05) is 6.54 Å². The highest BCUT2D eigenvalue weighted by Crippen LogP contribution is 2.25. The van der Waals surface area contributed by atoms with Crippen LogP contribution in [0.1, 0.15) is 35.4 Å². The highest BCUT2D eigenvalue weighted by atomic mass is 16.2. The van der Waals surface area contributed by atoms with E-state index in [1.165, 1.54) is 0 Å². The topological polar surface area (TPSA) is 166 Å². The standard InChI is InChI=1S/C29H34N6O3/c30-26(36)24(19-20-11-4-1-5-12-20)35-27(37)23(17-10-18-33-29(31)32)34-28(38)25(21-13-6-2-7-14-21)22-15-8-3-9-16-22/h1-9,11-16,23-25H,10,17-19H2,(H2,30,36)(H,34,38)(H,35,37)(H4,31,32,33)/t23-,24-/m0/s1. The van der Waals surface area contributed by atoms with Crippen molar-refractivity contribution in [1.82, 2.24) is 10.6 Å². The Hall–Kier alpha value is -4.66. The molecule has 3 aromatic rings. The van der Waals surface area contributed by atoms with Gasteiger partial charge in [0.25, 0.3) is 0 Å². The Morgan fingerprint density at radius 3 is 1.68 bits per heavy atom. The number of aliphatic imine (C=N–C) groups is 1. The summed E-state index contributed by atoms with van der Waals surface area (Å²) in [5.74, 6) is -2.22. The number of primary amides is 1. The molecule has 38 heavy (non-hydrogen) atoms. The van der Waals surface area contributed by atoms with E-state index in [0.717, 1.165) is 16.7 Å². The molecule has 3 rings (SSSR count). The van der Waals surface area contributed by atoms with E-state index in [0.29, 0.717) is 6.42 Å². The first-order valence-corrected chi connectivity index (χ1v) is 12.4. The van der Waals surface area contributed by atoms with Gasteiger partial charge in [-0.3, -0.25) is 19.4 Å². The van der Waals surface area contributed by atoms with Crippen LogP contribution >= 0.6 is 0 Å². The molecule has 3 aromatic carbocycles. The van der Waals surface area contributed by atoms with Crippen molar-refractivity contribution in [1.29, 1.82) is 0 Å². The first-order valence-electron chi connectivity index (χ1n) is 12.4. The van der Waals surface area contributed by atoms with E-state index in [4.69, 9.17) is 17.2 Å². The van der Waals surface area contributed by atoms with Gasteiger partial charge in [0.1, 0.15) is 12.1 Å². The Kier molecular flexibility index (Phi) is 10.4. The molecule has 0 spiro atoms. The van der Waals surface area contributed by atoms with Crippen molar-refractivity contribution in [2.24, 2.45) is 22.2 Å². The molecule has 9 heteroatoms. The average molecular weight is 515 g/mol. The number of hydrogen-bond donors (Lipinski definition) is 5. The third-order valence-corrected chi connectivity index (χ3v) is 6.05. The Balaban J connectivity index is 1.82. The molecule has 0 bridgehead atoms. The SMILES string of the molecule is NC(=O)[C@H](Cc1ccccc1)NC(=O)[C@H](CCCN=C(N)N)NC(=O)C(c1ccccc1)c1ccccc1. The number of benzene rings is 3. The predicted octanol–water partition coefficient (Wildman–Crippen LogP) is 1.57. The number of carbonyl (C=O) groups is 3. The second-order valence-electron chi connectivity index (χ2n) is 8.92. The Morgan fingerprint density at radius 2 is 1.18 bits per heavy atom. The van der Waals surface area contributed by atoms with Gasteiger partial charge < -0.3 is 27.8 Å². The molecular weight excluding hydrogens is 480 g/mol. The van der Waals surface area contributed by atoms with Crippen molar-refractivity contribution < 1.29 is 14.4 Å². The zero-order valence-electron chi connectivity index (χ0n) is 21.1.